The smallest absolute Gasteiger partial charge is 0.335 e. The number of alkyl halides is 3. The quantitative estimate of drug-likeness (QED) is 0.424. The number of halogens is 3. The first-order chi connectivity index (χ1) is 11.7. The van der Waals surface area contributed by atoms with Crippen molar-refractivity contribution in [2.24, 2.45) is 0 Å². The van der Waals surface area contributed by atoms with Crippen molar-refractivity contribution in [2.45, 2.75) is 9.96 Å². The molecule has 132 valence electrons. The maximum atomic E-state index is 11.1. The van der Waals surface area contributed by atoms with Gasteiger partial charge < -0.3 is 20.8 Å². The molecule has 0 aliphatic carbocycles. The van der Waals surface area contributed by atoms with Gasteiger partial charge in [0, 0.05) is 11.4 Å². The van der Waals surface area contributed by atoms with Gasteiger partial charge in [0.25, 0.3) is 0 Å². The molecule has 0 spiro atoms. The number of nitrogens with one attached hydrogen (secondary N) is 2. The van der Waals surface area contributed by atoms with E-state index in [1.165, 1.54) is 24.3 Å². The highest BCUT2D eigenvalue weighted by Gasteiger charge is 2.33. The minimum Gasteiger partial charge on any atom is -0.478 e. The van der Waals surface area contributed by atoms with Crippen LogP contribution < -0.4 is 10.6 Å². The summed E-state index contributed by atoms with van der Waals surface area (Å²) in [6.07, 6.45) is -0.953. The zero-order chi connectivity index (χ0) is 18.6. The number of anilines is 2. The Morgan fingerprint density at radius 3 is 1.56 bits per heavy atom. The van der Waals surface area contributed by atoms with E-state index in [1.54, 1.807) is 24.3 Å². The van der Waals surface area contributed by atoms with Gasteiger partial charge in [-0.2, -0.15) is 0 Å². The first-order valence-corrected chi connectivity index (χ1v) is 8.07. The second kappa shape index (κ2) is 7.82. The Morgan fingerprint density at radius 2 is 1.24 bits per heavy atom. The van der Waals surface area contributed by atoms with Crippen molar-refractivity contribution in [3.05, 3.63) is 59.7 Å². The van der Waals surface area contributed by atoms with E-state index in [0.29, 0.717) is 11.4 Å². The molecular weight excluding hydrogens is 391 g/mol. The number of carboxylic acids is 2. The maximum absolute atomic E-state index is 11.1. The summed E-state index contributed by atoms with van der Waals surface area (Å²) in [5.41, 5.74) is 0.970. The molecule has 0 bridgehead atoms. The topological polar surface area (TPSA) is 98.7 Å². The van der Waals surface area contributed by atoms with E-state index in [9.17, 15) is 9.59 Å². The highest BCUT2D eigenvalue weighted by Crippen LogP contribution is 2.33. The van der Waals surface area contributed by atoms with E-state index in [4.69, 9.17) is 45.0 Å². The lowest BCUT2D eigenvalue weighted by atomic mass is 10.2. The Labute approximate surface area is 158 Å². The fourth-order valence-electron chi connectivity index (χ4n) is 2.02. The third-order valence-corrected chi connectivity index (χ3v) is 3.82. The average molecular weight is 404 g/mol. The predicted octanol–water partition coefficient (Wildman–Crippen LogP) is 4.30. The first-order valence-electron chi connectivity index (χ1n) is 6.93. The van der Waals surface area contributed by atoms with E-state index >= 15 is 0 Å². The number of carboxylic acid groups (broad SMARTS) is 2. The van der Waals surface area contributed by atoms with E-state index < -0.39 is 21.9 Å². The third-order valence-electron chi connectivity index (χ3n) is 3.17. The third kappa shape index (κ3) is 5.42. The second-order valence-corrected chi connectivity index (χ2v) is 7.40. The van der Waals surface area contributed by atoms with Gasteiger partial charge in [-0.05, 0) is 36.4 Å². The lowest BCUT2D eigenvalue weighted by Crippen LogP contribution is -2.40. The van der Waals surface area contributed by atoms with Crippen LogP contribution in [0.25, 0.3) is 0 Å². The van der Waals surface area contributed by atoms with Gasteiger partial charge in [0.05, 0.1) is 11.1 Å². The van der Waals surface area contributed by atoms with E-state index in [2.05, 4.69) is 10.6 Å². The molecule has 25 heavy (non-hydrogen) atoms. The minimum atomic E-state index is -1.81. The van der Waals surface area contributed by atoms with Gasteiger partial charge >= 0.3 is 11.9 Å². The van der Waals surface area contributed by atoms with Gasteiger partial charge in [0.1, 0.15) is 6.17 Å². The van der Waals surface area contributed by atoms with E-state index in [1.807, 2.05) is 0 Å². The normalized spacial score (nSPS) is 11.2. The van der Waals surface area contributed by atoms with Crippen LogP contribution in [0.1, 0.15) is 20.7 Å². The zero-order valence-corrected chi connectivity index (χ0v) is 14.8. The van der Waals surface area contributed by atoms with Gasteiger partial charge in [-0.1, -0.05) is 46.9 Å². The Bertz CT molecular complexity index is 733. The average Bonchev–Trinajstić information content (AvgIpc) is 2.54. The zero-order valence-electron chi connectivity index (χ0n) is 12.5. The molecule has 0 radical (unpaired) electrons. The number of hydrogen-bond donors (Lipinski definition) is 4. The largest absolute Gasteiger partial charge is 0.478 e. The van der Waals surface area contributed by atoms with Crippen LogP contribution in [-0.2, 0) is 0 Å². The lowest BCUT2D eigenvalue weighted by Gasteiger charge is -2.28. The molecule has 0 fully saturated rings. The lowest BCUT2D eigenvalue weighted by molar-refractivity contribution is 0.0686. The number of rotatable bonds is 6. The van der Waals surface area contributed by atoms with Crippen molar-refractivity contribution >= 4 is 58.1 Å². The Balaban J connectivity index is 2.26. The standard InChI is InChI=1S/C16H13Cl3N2O4/c17-16(18,19)15(20-11-5-1-3-9(7-11)13(22)23)21-12-6-2-4-10(8-12)14(24)25/h1-8,15,20-21H,(H,22,23)(H,24,25). The molecule has 0 aromatic heterocycles. The first kappa shape index (κ1) is 19.2. The van der Waals surface area contributed by atoms with Crippen molar-refractivity contribution in [3.63, 3.8) is 0 Å². The summed E-state index contributed by atoms with van der Waals surface area (Å²) < 4.78 is -1.81. The molecule has 2 rings (SSSR count). The van der Waals surface area contributed by atoms with Crippen LogP contribution in [0.3, 0.4) is 0 Å². The van der Waals surface area contributed by atoms with E-state index in [0.717, 1.165) is 0 Å². The number of aromatic carboxylic acids is 2. The van der Waals surface area contributed by atoms with Gasteiger partial charge in [0.15, 0.2) is 0 Å². The number of benzene rings is 2. The Hall–Kier alpha value is -2.15. The molecular formula is C16H13Cl3N2O4. The molecule has 0 amide bonds. The maximum Gasteiger partial charge on any atom is 0.335 e. The molecule has 0 aliphatic rings. The molecule has 0 saturated heterocycles. The van der Waals surface area contributed by atoms with Crippen LogP contribution in [0.15, 0.2) is 48.5 Å². The van der Waals surface area contributed by atoms with Crippen molar-refractivity contribution < 1.29 is 19.8 Å². The van der Waals surface area contributed by atoms with Crippen LogP contribution in [0.2, 0.25) is 0 Å². The summed E-state index contributed by atoms with van der Waals surface area (Å²) in [5, 5.41) is 23.9. The van der Waals surface area contributed by atoms with Crippen molar-refractivity contribution in [1.29, 1.82) is 0 Å². The van der Waals surface area contributed by atoms with Crippen molar-refractivity contribution in [3.8, 4) is 0 Å². The van der Waals surface area contributed by atoms with Crippen LogP contribution in [0.4, 0.5) is 11.4 Å². The fraction of sp³-hybridized carbons (Fsp3) is 0.125. The highest BCUT2D eigenvalue weighted by atomic mass is 35.6. The minimum absolute atomic E-state index is 0.0703. The van der Waals surface area contributed by atoms with Crippen LogP contribution in [-0.4, -0.2) is 32.1 Å². The summed E-state index contributed by atoms with van der Waals surface area (Å²) in [6.45, 7) is 0. The molecule has 2 aromatic carbocycles. The van der Waals surface area contributed by atoms with Crippen LogP contribution >= 0.6 is 34.8 Å². The van der Waals surface area contributed by atoms with Gasteiger partial charge in [-0.25, -0.2) is 9.59 Å². The molecule has 0 heterocycles. The molecule has 0 unspecified atom stereocenters. The Morgan fingerprint density at radius 1 is 0.840 bits per heavy atom. The molecule has 0 aliphatic heterocycles. The van der Waals surface area contributed by atoms with Crippen molar-refractivity contribution in [2.75, 3.05) is 10.6 Å². The van der Waals surface area contributed by atoms with Gasteiger partial charge in [-0.3, -0.25) is 0 Å². The molecule has 6 nitrogen and oxygen atoms in total. The van der Waals surface area contributed by atoms with Gasteiger partial charge in [0.2, 0.25) is 3.79 Å². The van der Waals surface area contributed by atoms with E-state index in [-0.39, 0.29) is 11.1 Å². The Kier molecular flexibility index (Phi) is 6.00. The van der Waals surface area contributed by atoms with Gasteiger partial charge in [-0.15, -0.1) is 0 Å². The molecule has 0 saturated carbocycles. The predicted molar refractivity (Wildman–Crippen MR) is 98.1 cm³/mol. The summed E-state index contributed by atoms with van der Waals surface area (Å²) in [6, 6.07) is 12.0. The summed E-state index contributed by atoms with van der Waals surface area (Å²) in [5.74, 6) is -2.17. The summed E-state index contributed by atoms with van der Waals surface area (Å²) >= 11 is 17.9. The summed E-state index contributed by atoms with van der Waals surface area (Å²) in [4.78, 5) is 22.1. The molecule has 0 atom stereocenters. The second-order valence-electron chi connectivity index (χ2n) is 5.04. The monoisotopic (exact) mass is 402 g/mol. The van der Waals surface area contributed by atoms with Crippen LogP contribution in [0.5, 0.6) is 0 Å². The SMILES string of the molecule is O=C(O)c1cccc(NC(Nc2cccc(C(=O)O)c2)C(Cl)(Cl)Cl)c1. The fourth-order valence-corrected chi connectivity index (χ4v) is 2.34. The number of hydrogen-bond acceptors (Lipinski definition) is 4. The molecule has 2 aromatic rings. The number of carbonyl (C=O) groups is 2. The van der Waals surface area contributed by atoms with Crippen LogP contribution in [0, 0.1) is 0 Å². The molecule has 4 N–H and O–H groups in total. The van der Waals surface area contributed by atoms with Crippen molar-refractivity contribution in [1.82, 2.24) is 0 Å². The molecule has 9 heteroatoms. The highest BCUT2D eigenvalue weighted by molar-refractivity contribution is 6.68. The summed E-state index contributed by atoms with van der Waals surface area (Å²) in [7, 11) is 0.